The van der Waals surface area contributed by atoms with Crippen molar-refractivity contribution in [2.24, 2.45) is 10.1 Å². The molecule has 0 aliphatic heterocycles. The van der Waals surface area contributed by atoms with E-state index in [1.807, 2.05) is 0 Å². The number of oxime groups is 1. The number of rotatable bonds is 6. The fourth-order valence-electron chi connectivity index (χ4n) is 1.25. The fraction of sp³-hybridized carbons (Fsp3) is 0.364. The molecule has 0 aromatic carbocycles. The van der Waals surface area contributed by atoms with E-state index >= 15 is 0 Å². The Morgan fingerprint density at radius 2 is 2.10 bits per heavy atom. The van der Waals surface area contributed by atoms with Gasteiger partial charge < -0.3 is 15.0 Å². The van der Waals surface area contributed by atoms with Crippen LogP contribution in [0.4, 0.5) is 0 Å². The third-order valence-corrected chi connectivity index (χ3v) is 2.90. The second-order valence-corrected chi connectivity index (χ2v) is 5.25. The van der Waals surface area contributed by atoms with Crippen LogP contribution in [0.1, 0.15) is 25.1 Å². The summed E-state index contributed by atoms with van der Waals surface area (Å²) in [5, 5.41) is 11.6. The van der Waals surface area contributed by atoms with Crippen molar-refractivity contribution in [3.63, 3.8) is 0 Å². The maximum absolute atomic E-state index is 10.6. The molecule has 20 heavy (non-hydrogen) atoms. The highest BCUT2D eigenvalue weighted by molar-refractivity contribution is 7.46. The van der Waals surface area contributed by atoms with Gasteiger partial charge in [-0.2, -0.15) is 0 Å². The lowest BCUT2D eigenvalue weighted by Crippen LogP contribution is -2.06. The van der Waals surface area contributed by atoms with Gasteiger partial charge in [-0.15, -0.1) is 0 Å². The molecule has 0 atom stereocenters. The number of phosphoric ester groups is 1. The molecule has 0 fully saturated rings. The molecule has 0 aliphatic carbocycles. The van der Waals surface area contributed by atoms with Crippen LogP contribution in [0.3, 0.4) is 0 Å². The van der Waals surface area contributed by atoms with Gasteiger partial charge in [0.25, 0.3) is 0 Å². The van der Waals surface area contributed by atoms with Crippen molar-refractivity contribution >= 4 is 19.2 Å². The molecule has 0 aliphatic rings. The Kier molecular flexibility index (Phi) is 5.97. The second kappa shape index (κ2) is 7.25. The van der Waals surface area contributed by atoms with E-state index in [4.69, 9.17) is 15.0 Å². The number of nitrogens with zero attached hydrogens (tertiary/aromatic N) is 3. The Balaban J connectivity index is 2.71. The van der Waals surface area contributed by atoms with E-state index in [0.29, 0.717) is 22.7 Å². The lowest BCUT2D eigenvalue weighted by atomic mass is 10.2. The molecule has 1 aromatic heterocycles. The number of phosphoric acid groups is 1. The third-order valence-electron chi connectivity index (χ3n) is 2.43. The van der Waals surface area contributed by atoms with E-state index < -0.39 is 7.82 Å². The Morgan fingerprint density at radius 3 is 2.70 bits per heavy atom. The predicted octanol–water partition coefficient (Wildman–Crippen LogP) is 1.50. The van der Waals surface area contributed by atoms with Crippen LogP contribution in [0.25, 0.3) is 0 Å². The minimum atomic E-state index is -4.49. The Hall–Kier alpha value is -1.60. The first kappa shape index (κ1) is 16.5. The fourth-order valence-corrected chi connectivity index (χ4v) is 1.57. The van der Waals surface area contributed by atoms with Crippen LogP contribution >= 0.6 is 7.82 Å². The standard InChI is InChI=1S/C11H16N3O5P/c1-8(9(2)14-15)13-6-11-5-10(3-4-12-11)7-19-20(16,17)18/h3-5,15H,6-7H2,1-2H3,(H2,16,17,18)/b13-8+,14-9+. The molecule has 0 saturated heterocycles. The van der Waals surface area contributed by atoms with Crippen LogP contribution in [-0.2, 0) is 22.2 Å². The molecule has 9 heteroatoms. The van der Waals surface area contributed by atoms with E-state index in [2.05, 4.69) is 19.7 Å². The Bertz CT molecular complexity index is 567. The smallest absolute Gasteiger partial charge is 0.411 e. The highest BCUT2D eigenvalue weighted by atomic mass is 31.2. The maximum atomic E-state index is 10.6. The van der Waals surface area contributed by atoms with Gasteiger partial charge in [-0.05, 0) is 31.5 Å². The molecule has 110 valence electrons. The lowest BCUT2D eigenvalue weighted by molar-refractivity contribution is 0.189. The first-order valence-electron chi connectivity index (χ1n) is 5.66. The topological polar surface area (TPSA) is 125 Å². The summed E-state index contributed by atoms with van der Waals surface area (Å²) in [5.41, 5.74) is 2.18. The summed E-state index contributed by atoms with van der Waals surface area (Å²) in [7, 11) is -4.49. The first-order chi connectivity index (χ1) is 9.31. The van der Waals surface area contributed by atoms with E-state index in [-0.39, 0.29) is 13.2 Å². The highest BCUT2D eigenvalue weighted by Crippen LogP contribution is 2.36. The van der Waals surface area contributed by atoms with Crippen molar-refractivity contribution in [1.82, 2.24) is 4.98 Å². The van der Waals surface area contributed by atoms with E-state index in [1.54, 1.807) is 26.0 Å². The van der Waals surface area contributed by atoms with Crippen molar-refractivity contribution in [3.05, 3.63) is 29.6 Å². The molecule has 1 heterocycles. The quantitative estimate of drug-likeness (QED) is 0.316. The minimum Gasteiger partial charge on any atom is -0.411 e. The SMILES string of the molecule is CC(=N\O)/C(C)=N/Cc1cc(COP(=O)(O)O)ccn1. The van der Waals surface area contributed by atoms with Crippen molar-refractivity contribution in [1.29, 1.82) is 0 Å². The molecule has 3 N–H and O–H groups in total. The van der Waals surface area contributed by atoms with Crippen LogP contribution in [0.15, 0.2) is 28.5 Å². The molecule has 8 nitrogen and oxygen atoms in total. The summed E-state index contributed by atoms with van der Waals surface area (Å²) in [6, 6.07) is 3.23. The molecule has 1 rings (SSSR count). The van der Waals surface area contributed by atoms with Crippen LogP contribution in [0.5, 0.6) is 0 Å². The average molecular weight is 301 g/mol. The summed E-state index contributed by atoms with van der Waals surface area (Å²) in [5.74, 6) is 0. The van der Waals surface area contributed by atoms with Gasteiger partial charge >= 0.3 is 7.82 Å². The number of hydrogen-bond acceptors (Lipinski definition) is 6. The van der Waals surface area contributed by atoms with Crippen LogP contribution < -0.4 is 0 Å². The second-order valence-electron chi connectivity index (χ2n) is 4.01. The molecule has 0 saturated carbocycles. The third kappa shape index (κ3) is 6.03. The summed E-state index contributed by atoms with van der Waals surface area (Å²) in [6.07, 6.45) is 1.51. The number of aliphatic imine (C=N–C) groups is 1. The Labute approximate surface area is 116 Å². The van der Waals surface area contributed by atoms with Gasteiger partial charge in [0.2, 0.25) is 0 Å². The van der Waals surface area contributed by atoms with Crippen molar-refractivity contribution in [3.8, 4) is 0 Å². The lowest BCUT2D eigenvalue weighted by Gasteiger charge is -2.06. The van der Waals surface area contributed by atoms with E-state index in [1.165, 1.54) is 6.20 Å². The molecular weight excluding hydrogens is 285 g/mol. The van der Waals surface area contributed by atoms with Crippen LogP contribution in [0.2, 0.25) is 0 Å². The van der Waals surface area contributed by atoms with E-state index in [9.17, 15) is 4.57 Å². The summed E-state index contributed by atoms with van der Waals surface area (Å²) >= 11 is 0. The van der Waals surface area contributed by atoms with Gasteiger partial charge in [-0.1, -0.05) is 5.16 Å². The normalized spacial score (nSPS) is 13.6. The van der Waals surface area contributed by atoms with Crippen molar-refractivity contribution in [2.75, 3.05) is 0 Å². The largest absolute Gasteiger partial charge is 0.469 e. The number of hydrogen-bond donors (Lipinski definition) is 3. The van der Waals surface area contributed by atoms with Crippen LogP contribution in [0, 0.1) is 0 Å². The summed E-state index contributed by atoms with van der Waals surface area (Å²) in [6.45, 7) is 3.38. The molecule has 0 spiro atoms. The average Bonchev–Trinajstić information content (AvgIpc) is 2.41. The zero-order chi connectivity index (χ0) is 15.2. The summed E-state index contributed by atoms with van der Waals surface area (Å²) < 4.78 is 15.0. The Morgan fingerprint density at radius 1 is 1.40 bits per heavy atom. The number of pyridine rings is 1. The zero-order valence-corrected chi connectivity index (χ0v) is 12.0. The van der Waals surface area contributed by atoms with Gasteiger partial charge in [0, 0.05) is 6.20 Å². The van der Waals surface area contributed by atoms with Gasteiger partial charge in [0.1, 0.15) is 0 Å². The maximum Gasteiger partial charge on any atom is 0.469 e. The van der Waals surface area contributed by atoms with Gasteiger partial charge in [0.15, 0.2) is 0 Å². The predicted molar refractivity (Wildman–Crippen MR) is 72.8 cm³/mol. The molecule has 0 amide bonds. The first-order valence-corrected chi connectivity index (χ1v) is 7.19. The monoisotopic (exact) mass is 301 g/mol. The van der Waals surface area contributed by atoms with Crippen molar-refractivity contribution < 1.29 is 24.1 Å². The highest BCUT2D eigenvalue weighted by Gasteiger charge is 2.13. The van der Waals surface area contributed by atoms with Crippen molar-refractivity contribution in [2.45, 2.75) is 27.0 Å². The van der Waals surface area contributed by atoms with Gasteiger partial charge in [0.05, 0.1) is 30.3 Å². The summed E-state index contributed by atoms with van der Waals surface area (Å²) in [4.78, 5) is 25.5. The molecule has 1 aromatic rings. The van der Waals surface area contributed by atoms with E-state index in [0.717, 1.165) is 0 Å². The molecular formula is C11H16N3O5P. The minimum absolute atomic E-state index is 0.209. The molecule has 0 unspecified atom stereocenters. The zero-order valence-electron chi connectivity index (χ0n) is 11.1. The van der Waals surface area contributed by atoms with Gasteiger partial charge in [-0.25, -0.2) is 4.57 Å². The molecule has 0 bridgehead atoms. The molecule has 0 radical (unpaired) electrons. The van der Waals surface area contributed by atoms with Gasteiger partial charge in [-0.3, -0.25) is 14.5 Å². The van der Waals surface area contributed by atoms with Crippen LogP contribution in [-0.4, -0.2) is 31.4 Å². The number of aromatic nitrogens is 1.